The molecule has 0 saturated heterocycles. The van der Waals surface area contributed by atoms with Gasteiger partial charge in [-0.05, 0) is 61.4 Å². The van der Waals surface area contributed by atoms with Crippen LogP contribution >= 0.6 is 23.2 Å². The van der Waals surface area contributed by atoms with Crippen LogP contribution in [0.2, 0.25) is 10.0 Å². The number of hydrogen-bond acceptors (Lipinski definition) is 4. The molecule has 3 aromatic carbocycles. The third-order valence-corrected chi connectivity index (χ3v) is 4.99. The van der Waals surface area contributed by atoms with E-state index < -0.39 is 29.7 Å². The standard InChI is InChI=1S/C25H23Cl2NO4/c1-25(2,3)32-24(31)22(29)14-23(30)28(21-12-19(26)11-20(27)13-21)15-16-8-9-17-6-4-5-7-18(17)10-16/h4-13H,14-15H2,1-3H3. The molecule has 0 N–H and O–H groups in total. The zero-order valence-electron chi connectivity index (χ0n) is 18.0. The zero-order valence-corrected chi connectivity index (χ0v) is 19.5. The largest absolute Gasteiger partial charge is 0.454 e. The number of nitrogens with zero attached hydrogens (tertiary/aromatic N) is 1. The Kier molecular flexibility index (Phi) is 7.22. The van der Waals surface area contributed by atoms with Gasteiger partial charge in [-0.15, -0.1) is 0 Å². The van der Waals surface area contributed by atoms with Crippen molar-refractivity contribution in [3.05, 3.63) is 76.3 Å². The average molecular weight is 472 g/mol. The highest BCUT2D eigenvalue weighted by molar-refractivity contribution is 6.38. The minimum atomic E-state index is -1.04. The third kappa shape index (κ3) is 6.31. The van der Waals surface area contributed by atoms with Gasteiger partial charge in [0.1, 0.15) is 5.60 Å². The Bertz CT molecular complexity index is 1160. The van der Waals surface area contributed by atoms with Crippen molar-refractivity contribution in [1.82, 2.24) is 0 Å². The second-order valence-electron chi connectivity index (χ2n) is 8.39. The molecule has 0 saturated carbocycles. The molecule has 5 nitrogen and oxygen atoms in total. The van der Waals surface area contributed by atoms with E-state index in [2.05, 4.69) is 0 Å². The molecule has 7 heteroatoms. The minimum absolute atomic E-state index is 0.169. The summed E-state index contributed by atoms with van der Waals surface area (Å²) in [6.45, 7) is 5.13. The number of halogens is 2. The first-order valence-corrected chi connectivity index (χ1v) is 10.8. The first kappa shape index (κ1) is 23.8. The predicted octanol–water partition coefficient (Wildman–Crippen LogP) is 5.98. The fourth-order valence-electron chi connectivity index (χ4n) is 3.18. The molecule has 1 amide bonds. The van der Waals surface area contributed by atoms with Gasteiger partial charge < -0.3 is 9.64 Å². The number of benzene rings is 3. The molecule has 0 aliphatic carbocycles. The van der Waals surface area contributed by atoms with Crippen molar-refractivity contribution in [2.24, 2.45) is 0 Å². The maximum absolute atomic E-state index is 13.1. The molecule has 0 fully saturated rings. The summed E-state index contributed by atoms with van der Waals surface area (Å²) in [5.41, 5.74) is 0.441. The summed E-state index contributed by atoms with van der Waals surface area (Å²) < 4.78 is 5.09. The lowest BCUT2D eigenvalue weighted by molar-refractivity contribution is -0.163. The van der Waals surface area contributed by atoms with E-state index in [0.29, 0.717) is 15.7 Å². The Hall–Kier alpha value is -2.89. The van der Waals surface area contributed by atoms with Crippen LogP contribution in [0.15, 0.2) is 60.7 Å². The Balaban J connectivity index is 1.90. The molecule has 0 spiro atoms. The van der Waals surface area contributed by atoms with E-state index in [0.717, 1.165) is 16.3 Å². The molecule has 0 heterocycles. The third-order valence-electron chi connectivity index (χ3n) is 4.55. The van der Waals surface area contributed by atoms with Crippen molar-refractivity contribution in [3.63, 3.8) is 0 Å². The summed E-state index contributed by atoms with van der Waals surface area (Å²) in [4.78, 5) is 39.0. The molecular weight excluding hydrogens is 449 g/mol. The fourth-order valence-corrected chi connectivity index (χ4v) is 3.69. The molecule has 0 aliphatic heterocycles. The second-order valence-corrected chi connectivity index (χ2v) is 9.26. The number of ketones is 1. The Morgan fingerprint density at radius 3 is 2.12 bits per heavy atom. The van der Waals surface area contributed by atoms with Gasteiger partial charge >= 0.3 is 5.97 Å². The van der Waals surface area contributed by atoms with E-state index in [9.17, 15) is 14.4 Å². The number of carbonyl (C=O) groups excluding carboxylic acids is 3. The average Bonchev–Trinajstić information content (AvgIpc) is 2.69. The summed E-state index contributed by atoms with van der Waals surface area (Å²) in [6, 6.07) is 18.4. The Labute approximate surface area is 196 Å². The van der Waals surface area contributed by atoms with Crippen LogP contribution in [0.3, 0.4) is 0 Å². The van der Waals surface area contributed by atoms with Gasteiger partial charge in [0.2, 0.25) is 11.7 Å². The molecule has 3 rings (SSSR count). The highest BCUT2D eigenvalue weighted by atomic mass is 35.5. The maximum Gasteiger partial charge on any atom is 0.375 e. The molecule has 32 heavy (non-hydrogen) atoms. The number of carbonyl (C=O) groups is 3. The number of fused-ring (bicyclic) bond motifs is 1. The maximum atomic E-state index is 13.1. The normalized spacial score (nSPS) is 11.3. The van der Waals surface area contributed by atoms with Crippen molar-refractivity contribution in [2.75, 3.05) is 4.90 Å². The highest BCUT2D eigenvalue weighted by Crippen LogP contribution is 2.28. The lowest BCUT2D eigenvalue weighted by Crippen LogP contribution is -2.35. The number of esters is 1. The molecule has 166 valence electrons. The summed E-state index contributed by atoms with van der Waals surface area (Å²) >= 11 is 12.3. The predicted molar refractivity (Wildman–Crippen MR) is 127 cm³/mol. The molecule has 0 aromatic heterocycles. The number of amides is 1. The Morgan fingerprint density at radius 2 is 1.50 bits per heavy atom. The van der Waals surface area contributed by atoms with Gasteiger partial charge in [0.25, 0.3) is 0 Å². The summed E-state index contributed by atoms with van der Waals surface area (Å²) in [5.74, 6) is -2.52. The van der Waals surface area contributed by atoms with Crippen molar-refractivity contribution >= 4 is 57.3 Å². The van der Waals surface area contributed by atoms with E-state index in [1.165, 1.54) is 4.90 Å². The molecule has 0 unspecified atom stereocenters. The Morgan fingerprint density at radius 1 is 0.875 bits per heavy atom. The fraction of sp³-hybridized carbons (Fsp3) is 0.240. The van der Waals surface area contributed by atoms with E-state index >= 15 is 0 Å². The lowest BCUT2D eigenvalue weighted by Gasteiger charge is -2.24. The van der Waals surface area contributed by atoms with Crippen LogP contribution in [-0.2, 0) is 25.7 Å². The monoisotopic (exact) mass is 471 g/mol. The van der Waals surface area contributed by atoms with Gasteiger partial charge in [-0.1, -0.05) is 59.6 Å². The van der Waals surface area contributed by atoms with Gasteiger partial charge in [-0.2, -0.15) is 0 Å². The number of anilines is 1. The lowest BCUT2D eigenvalue weighted by atomic mass is 10.1. The minimum Gasteiger partial charge on any atom is -0.454 e. The first-order valence-electron chi connectivity index (χ1n) is 10.0. The van der Waals surface area contributed by atoms with Gasteiger partial charge in [-0.25, -0.2) is 4.79 Å². The zero-order chi connectivity index (χ0) is 23.5. The van der Waals surface area contributed by atoms with Gasteiger partial charge in [0, 0.05) is 15.7 Å². The summed E-state index contributed by atoms with van der Waals surface area (Å²) in [5, 5.41) is 2.79. The van der Waals surface area contributed by atoms with Crippen LogP contribution in [0.1, 0.15) is 32.8 Å². The van der Waals surface area contributed by atoms with Crippen LogP contribution in [0.25, 0.3) is 10.8 Å². The summed E-state index contributed by atoms with van der Waals surface area (Å²) in [7, 11) is 0. The van der Waals surface area contributed by atoms with Crippen LogP contribution in [0.5, 0.6) is 0 Å². The van der Waals surface area contributed by atoms with E-state index in [1.807, 2.05) is 42.5 Å². The van der Waals surface area contributed by atoms with E-state index in [-0.39, 0.29) is 6.54 Å². The molecule has 0 bridgehead atoms. The molecule has 0 radical (unpaired) electrons. The highest BCUT2D eigenvalue weighted by Gasteiger charge is 2.27. The van der Waals surface area contributed by atoms with E-state index in [4.69, 9.17) is 27.9 Å². The smallest absolute Gasteiger partial charge is 0.375 e. The first-order chi connectivity index (χ1) is 15.0. The molecular formula is C25H23Cl2NO4. The van der Waals surface area contributed by atoms with Crippen LogP contribution in [0.4, 0.5) is 5.69 Å². The van der Waals surface area contributed by atoms with E-state index in [1.54, 1.807) is 39.0 Å². The van der Waals surface area contributed by atoms with Crippen LogP contribution in [-0.4, -0.2) is 23.3 Å². The SMILES string of the molecule is CC(C)(C)OC(=O)C(=O)CC(=O)N(Cc1ccc2ccccc2c1)c1cc(Cl)cc(Cl)c1. The molecule has 3 aromatic rings. The van der Waals surface area contributed by atoms with Gasteiger partial charge in [0.05, 0.1) is 13.0 Å². The van der Waals surface area contributed by atoms with Crippen molar-refractivity contribution in [2.45, 2.75) is 39.3 Å². The number of Topliss-reactive ketones (excluding diaryl/α,β-unsaturated/α-hetero) is 1. The second kappa shape index (κ2) is 9.72. The number of ether oxygens (including phenoxy) is 1. The van der Waals surface area contributed by atoms with Gasteiger partial charge in [0.15, 0.2) is 0 Å². The molecule has 0 atom stereocenters. The van der Waals surface area contributed by atoms with Crippen LogP contribution in [0, 0.1) is 0 Å². The van der Waals surface area contributed by atoms with Crippen molar-refractivity contribution in [1.29, 1.82) is 0 Å². The quantitative estimate of drug-likeness (QED) is 0.252. The number of rotatable bonds is 6. The topological polar surface area (TPSA) is 63.7 Å². The van der Waals surface area contributed by atoms with Gasteiger partial charge in [-0.3, -0.25) is 9.59 Å². The molecule has 0 aliphatic rings. The summed E-state index contributed by atoms with van der Waals surface area (Å²) in [6.07, 6.45) is -0.632. The van der Waals surface area contributed by atoms with Crippen LogP contribution < -0.4 is 4.90 Å². The van der Waals surface area contributed by atoms with Crippen molar-refractivity contribution < 1.29 is 19.1 Å². The number of hydrogen-bond donors (Lipinski definition) is 0. The van der Waals surface area contributed by atoms with Crippen molar-refractivity contribution in [3.8, 4) is 0 Å².